The number of anilines is 1. The Morgan fingerprint density at radius 1 is 1.39 bits per heavy atom. The highest BCUT2D eigenvalue weighted by Gasteiger charge is 2.05. The third-order valence-corrected chi connectivity index (χ3v) is 3.07. The van der Waals surface area contributed by atoms with Crippen LogP contribution >= 0.6 is 11.8 Å². The van der Waals surface area contributed by atoms with E-state index < -0.39 is 0 Å². The lowest BCUT2D eigenvalue weighted by Crippen LogP contribution is -2.38. The number of carbonyl (C=O) groups excluding carboxylic acids is 1. The molecule has 0 bridgehead atoms. The van der Waals surface area contributed by atoms with E-state index >= 15 is 0 Å². The lowest BCUT2D eigenvalue weighted by atomic mass is 10.1. The number of hydrogen-bond acceptors (Lipinski definition) is 3. The van der Waals surface area contributed by atoms with E-state index in [1.165, 1.54) is 5.56 Å². The maximum atomic E-state index is 11.5. The molecular formula is C13H20N2O2S. The molecule has 2 amide bonds. The van der Waals surface area contributed by atoms with Crippen molar-refractivity contribution in [3.63, 3.8) is 0 Å². The molecule has 5 heteroatoms. The van der Waals surface area contributed by atoms with Crippen LogP contribution in [-0.4, -0.2) is 35.8 Å². The van der Waals surface area contributed by atoms with Gasteiger partial charge in [0.2, 0.25) is 0 Å². The van der Waals surface area contributed by atoms with Crippen LogP contribution in [0, 0.1) is 0 Å². The fraction of sp³-hybridized carbons (Fsp3) is 0.462. The lowest BCUT2D eigenvalue weighted by Gasteiger charge is -2.12. The second-order valence-corrected chi connectivity index (χ2v) is 5.11. The van der Waals surface area contributed by atoms with Crippen molar-refractivity contribution in [2.75, 3.05) is 23.9 Å². The first-order valence-electron chi connectivity index (χ1n) is 5.92. The Bertz CT molecular complexity index is 368. The van der Waals surface area contributed by atoms with E-state index in [1.807, 2.05) is 36.0 Å². The van der Waals surface area contributed by atoms with Crippen molar-refractivity contribution in [3.05, 3.63) is 29.8 Å². The molecule has 0 aromatic heterocycles. The summed E-state index contributed by atoms with van der Waals surface area (Å²) in [5.41, 5.74) is 2.02. The molecule has 1 unspecified atom stereocenters. The molecule has 0 radical (unpaired) electrons. The number of hydrogen-bond donors (Lipinski definition) is 3. The number of carbonyl (C=O) groups is 1. The average Bonchev–Trinajstić information content (AvgIpc) is 2.37. The summed E-state index contributed by atoms with van der Waals surface area (Å²) in [5.74, 6) is 1.10. The number of urea groups is 1. The number of amides is 2. The van der Waals surface area contributed by atoms with Crippen LogP contribution in [0.5, 0.6) is 0 Å². The van der Waals surface area contributed by atoms with Gasteiger partial charge in [0.15, 0.2) is 0 Å². The van der Waals surface area contributed by atoms with Gasteiger partial charge in [-0.1, -0.05) is 12.1 Å². The van der Waals surface area contributed by atoms with Gasteiger partial charge in [-0.15, -0.1) is 0 Å². The van der Waals surface area contributed by atoms with Crippen molar-refractivity contribution in [2.45, 2.75) is 19.4 Å². The maximum absolute atomic E-state index is 11.5. The first-order valence-corrected chi connectivity index (χ1v) is 7.31. The monoisotopic (exact) mass is 268 g/mol. The number of aryl methyl sites for hydroxylation is 1. The van der Waals surface area contributed by atoms with Gasteiger partial charge >= 0.3 is 6.03 Å². The standard InChI is InChI=1S/C13H20N2O2S/c1-10(9-16)14-13(17)15-12-5-3-11(4-6-12)7-8-18-2/h3-6,10,16H,7-9H2,1-2H3,(H2,14,15,17). The smallest absolute Gasteiger partial charge is 0.319 e. The molecule has 1 aromatic carbocycles. The Hall–Kier alpha value is -1.20. The summed E-state index contributed by atoms with van der Waals surface area (Å²) >= 11 is 1.82. The fourth-order valence-corrected chi connectivity index (χ4v) is 1.85. The first kappa shape index (κ1) is 14.9. The highest BCUT2D eigenvalue weighted by atomic mass is 32.2. The Morgan fingerprint density at radius 2 is 2.06 bits per heavy atom. The topological polar surface area (TPSA) is 61.4 Å². The molecule has 0 fully saturated rings. The molecule has 0 spiro atoms. The largest absolute Gasteiger partial charge is 0.394 e. The van der Waals surface area contributed by atoms with Gasteiger partial charge in [0.1, 0.15) is 0 Å². The Labute approximate surface area is 112 Å². The number of aliphatic hydroxyl groups is 1. The molecule has 0 heterocycles. The molecule has 1 aromatic rings. The molecule has 1 rings (SSSR count). The molecule has 0 saturated heterocycles. The fourth-order valence-electron chi connectivity index (χ4n) is 1.41. The second-order valence-electron chi connectivity index (χ2n) is 4.12. The zero-order valence-corrected chi connectivity index (χ0v) is 11.6. The summed E-state index contributed by atoms with van der Waals surface area (Å²) in [4.78, 5) is 11.5. The molecule has 1 atom stereocenters. The van der Waals surface area contributed by atoms with Crippen molar-refractivity contribution in [1.82, 2.24) is 5.32 Å². The van der Waals surface area contributed by atoms with Crippen molar-refractivity contribution >= 4 is 23.5 Å². The minimum absolute atomic E-state index is 0.0684. The third kappa shape index (κ3) is 5.42. The van der Waals surface area contributed by atoms with Crippen molar-refractivity contribution in [3.8, 4) is 0 Å². The predicted octanol–water partition coefficient (Wildman–Crippen LogP) is 2.09. The van der Waals surface area contributed by atoms with Crippen LogP contribution in [0.3, 0.4) is 0 Å². The number of nitrogens with one attached hydrogen (secondary N) is 2. The van der Waals surface area contributed by atoms with Gasteiger partial charge in [0.25, 0.3) is 0 Å². The molecule has 0 aliphatic carbocycles. The van der Waals surface area contributed by atoms with Gasteiger partial charge in [-0.3, -0.25) is 0 Å². The van der Waals surface area contributed by atoms with E-state index in [9.17, 15) is 4.79 Å². The molecule has 0 aliphatic heterocycles. The summed E-state index contributed by atoms with van der Waals surface area (Å²) < 4.78 is 0. The van der Waals surface area contributed by atoms with Crippen LogP contribution in [0.2, 0.25) is 0 Å². The minimum Gasteiger partial charge on any atom is -0.394 e. The summed E-state index contributed by atoms with van der Waals surface area (Å²) in [7, 11) is 0. The molecule has 4 nitrogen and oxygen atoms in total. The zero-order valence-electron chi connectivity index (χ0n) is 10.8. The van der Waals surface area contributed by atoms with Gasteiger partial charge in [0.05, 0.1) is 12.6 Å². The number of rotatable bonds is 6. The summed E-state index contributed by atoms with van der Waals surface area (Å²) in [6, 6.07) is 7.26. The molecule has 18 heavy (non-hydrogen) atoms. The van der Waals surface area contributed by atoms with Crippen molar-refractivity contribution in [2.24, 2.45) is 0 Å². The Balaban J connectivity index is 2.45. The summed E-state index contributed by atoms with van der Waals surface area (Å²) in [6.07, 6.45) is 3.12. The van der Waals surface area contributed by atoms with Gasteiger partial charge in [-0.05, 0) is 43.0 Å². The quantitative estimate of drug-likeness (QED) is 0.740. The van der Waals surface area contributed by atoms with E-state index in [2.05, 4.69) is 16.9 Å². The average molecular weight is 268 g/mol. The third-order valence-electron chi connectivity index (χ3n) is 2.46. The summed E-state index contributed by atoms with van der Waals surface area (Å²) in [6.45, 7) is 1.67. The lowest BCUT2D eigenvalue weighted by molar-refractivity contribution is 0.229. The van der Waals surface area contributed by atoms with Crippen molar-refractivity contribution < 1.29 is 9.90 Å². The van der Waals surface area contributed by atoms with Gasteiger partial charge in [-0.25, -0.2) is 4.79 Å². The first-order chi connectivity index (χ1) is 8.65. The highest BCUT2D eigenvalue weighted by molar-refractivity contribution is 7.98. The predicted molar refractivity (Wildman–Crippen MR) is 77.2 cm³/mol. The number of benzene rings is 1. The van der Waals surface area contributed by atoms with Gasteiger partial charge in [-0.2, -0.15) is 11.8 Å². The zero-order chi connectivity index (χ0) is 13.4. The minimum atomic E-state index is -0.298. The molecule has 0 aliphatic rings. The number of aliphatic hydroxyl groups excluding tert-OH is 1. The maximum Gasteiger partial charge on any atom is 0.319 e. The van der Waals surface area contributed by atoms with E-state index in [0.717, 1.165) is 17.9 Å². The molecular weight excluding hydrogens is 248 g/mol. The van der Waals surface area contributed by atoms with Crippen LogP contribution < -0.4 is 10.6 Å². The van der Waals surface area contributed by atoms with Gasteiger partial charge < -0.3 is 15.7 Å². The van der Waals surface area contributed by atoms with Crippen LogP contribution in [0.4, 0.5) is 10.5 Å². The van der Waals surface area contributed by atoms with E-state index in [4.69, 9.17) is 5.11 Å². The normalized spacial score (nSPS) is 11.9. The van der Waals surface area contributed by atoms with E-state index in [1.54, 1.807) is 6.92 Å². The second kappa shape index (κ2) is 8.00. The Morgan fingerprint density at radius 3 is 2.61 bits per heavy atom. The van der Waals surface area contributed by atoms with Crippen LogP contribution in [0.15, 0.2) is 24.3 Å². The Kier molecular flexibility index (Phi) is 6.60. The van der Waals surface area contributed by atoms with Crippen LogP contribution in [-0.2, 0) is 6.42 Å². The van der Waals surface area contributed by atoms with E-state index in [0.29, 0.717) is 0 Å². The molecule has 0 saturated carbocycles. The van der Waals surface area contributed by atoms with Gasteiger partial charge in [0, 0.05) is 5.69 Å². The number of thioether (sulfide) groups is 1. The molecule has 3 N–H and O–H groups in total. The van der Waals surface area contributed by atoms with Crippen LogP contribution in [0.25, 0.3) is 0 Å². The van der Waals surface area contributed by atoms with E-state index in [-0.39, 0.29) is 18.7 Å². The van der Waals surface area contributed by atoms with Crippen molar-refractivity contribution in [1.29, 1.82) is 0 Å². The van der Waals surface area contributed by atoms with Crippen LogP contribution in [0.1, 0.15) is 12.5 Å². The molecule has 100 valence electrons. The summed E-state index contributed by atoms with van der Waals surface area (Å²) in [5, 5.41) is 14.2. The highest BCUT2D eigenvalue weighted by Crippen LogP contribution is 2.11. The SMILES string of the molecule is CSCCc1ccc(NC(=O)NC(C)CO)cc1.